The molecule has 9 heteroatoms. The van der Waals surface area contributed by atoms with Crippen LogP contribution in [-0.2, 0) is 11.3 Å². The molecule has 6 aromatic rings. The monoisotopic (exact) mass is 501 g/mol. The molecular formula is C29H23N7O2. The lowest BCUT2D eigenvalue weighted by Gasteiger charge is -2.36. The van der Waals surface area contributed by atoms with Crippen LogP contribution in [0.5, 0.6) is 0 Å². The smallest absolute Gasteiger partial charge is 0.266 e. The van der Waals surface area contributed by atoms with Gasteiger partial charge in [0.2, 0.25) is 0 Å². The molecule has 4 heterocycles. The van der Waals surface area contributed by atoms with Crippen LogP contribution in [0.2, 0.25) is 0 Å². The van der Waals surface area contributed by atoms with Gasteiger partial charge in [0.25, 0.3) is 5.56 Å². The molecular weight excluding hydrogens is 478 g/mol. The van der Waals surface area contributed by atoms with E-state index in [0.717, 1.165) is 22.4 Å². The van der Waals surface area contributed by atoms with Gasteiger partial charge in [-0.05, 0) is 30.2 Å². The number of imidazole rings is 1. The Morgan fingerprint density at radius 1 is 0.974 bits per heavy atom. The fourth-order valence-corrected chi connectivity index (χ4v) is 5.21. The molecule has 7 rings (SSSR count). The van der Waals surface area contributed by atoms with E-state index in [9.17, 15) is 4.79 Å². The quantitative estimate of drug-likeness (QED) is 0.350. The molecule has 1 aliphatic rings. The van der Waals surface area contributed by atoms with Crippen molar-refractivity contribution in [1.82, 2.24) is 29.5 Å². The van der Waals surface area contributed by atoms with Gasteiger partial charge in [0, 0.05) is 5.56 Å². The van der Waals surface area contributed by atoms with Crippen molar-refractivity contribution in [2.45, 2.75) is 25.7 Å². The molecule has 3 aromatic heterocycles. The first-order valence-corrected chi connectivity index (χ1v) is 12.4. The van der Waals surface area contributed by atoms with Crippen LogP contribution in [0.4, 0.5) is 5.82 Å². The molecule has 3 aromatic carbocycles. The van der Waals surface area contributed by atoms with Crippen LogP contribution < -0.4 is 10.9 Å². The van der Waals surface area contributed by atoms with Gasteiger partial charge >= 0.3 is 0 Å². The molecule has 0 radical (unpaired) electrons. The van der Waals surface area contributed by atoms with Crippen molar-refractivity contribution >= 4 is 27.9 Å². The number of ether oxygens (including phenoxy) is 1. The lowest BCUT2D eigenvalue weighted by molar-refractivity contribution is 0.0211. The summed E-state index contributed by atoms with van der Waals surface area (Å²) >= 11 is 0. The molecule has 0 saturated heterocycles. The first-order valence-electron chi connectivity index (χ1n) is 12.4. The van der Waals surface area contributed by atoms with Crippen LogP contribution >= 0.6 is 0 Å². The van der Waals surface area contributed by atoms with E-state index in [1.807, 2.05) is 79.7 Å². The maximum absolute atomic E-state index is 14.0. The number of hydrogen-bond donors (Lipinski definition) is 2. The summed E-state index contributed by atoms with van der Waals surface area (Å²) in [5, 5.41) is 4.12. The Labute approximate surface area is 217 Å². The molecule has 2 N–H and O–H groups in total. The van der Waals surface area contributed by atoms with Crippen molar-refractivity contribution < 1.29 is 4.74 Å². The number of fused-ring (bicyclic) bond motifs is 5. The number of hydrogen-bond acceptors (Lipinski definition) is 7. The number of aromatic nitrogens is 6. The molecule has 38 heavy (non-hydrogen) atoms. The SMILES string of the molecule is Cc1cccc2nc3n(c(=O)c12)-c1ccccc1C(OCc1ccccc1)C3Nc1ncnc2[nH]cnc12. The number of H-pyrrole nitrogens is 1. The fourth-order valence-electron chi connectivity index (χ4n) is 5.21. The number of nitrogens with one attached hydrogen (secondary N) is 2. The van der Waals surface area contributed by atoms with Gasteiger partial charge in [-0.2, -0.15) is 0 Å². The lowest BCUT2D eigenvalue weighted by atomic mass is 9.94. The summed E-state index contributed by atoms with van der Waals surface area (Å²) < 4.78 is 8.32. The van der Waals surface area contributed by atoms with Crippen LogP contribution in [0.15, 0.2) is 90.2 Å². The largest absolute Gasteiger partial charge is 0.366 e. The molecule has 2 atom stereocenters. The summed E-state index contributed by atoms with van der Waals surface area (Å²) in [6.45, 7) is 2.32. The van der Waals surface area contributed by atoms with Crippen LogP contribution in [-0.4, -0.2) is 29.5 Å². The van der Waals surface area contributed by atoms with Gasteiger partial charge in [-0.1, -0.05) is 60.7 Å². The van der Waals surface area contributed by atoms with Gasteiger partial charge in [0.1, 0.15) is 29.8 Å². The predicted molar refractivity (Wildman–Crippen MR) is 144 cm³/mol. The predicted octanol–water partition coefficient (Wildman–Crippen LogP) is 4.79. The number of anilines is 1. The molecule has 0 spiro atoms. The van der Waals surface area contributed by atoms with Crippen LogP contribution in [0.25, 0.3) is 27.8 Å². The number of rotatable bonds is 5. The summed E-state index contributed by atoms with van der Waals surface area (Å²) in [4.78, 5) is 35.2. The van der Waals surface area contributed by atoms with Crippen LogP contribution in [0.3, 0.4) is 0 Å². The maximum Gasteiger partial charge on any atom is 0.266 e. The fraction of sp³-hybridized carbons (Fsp3) is 0.138. The molecule has 0 fully saturated rings. The third kappa shape index (κ3) is 3.55. The third-order valence-electron chi connectivity index (χ3n) is 6.98. The van der Waals surface area contributed by atoms with Crippen LogP contribution in [0, 0.1) is 6.92 Å². The Bertz CT molecular complexity index is 1860. The zero-order chi connectivity index (χ0) is 25.6. The van der Waals surface area contributed by atoms with E-state index in [1.54, 1.807) is 10.9 Å². The zero-order valence-electron chi connectivity index (χ0n) is 20.5. The van der Waals surface area contributed by atoms with E-state index >= 15 is 0 Å². The Morgan fingerprint density at radius 2 is 1.82 bits per heavy atom. The van der Waals surface area contributed by atoms with E-state index in [2.05, 4.69) is 25.3 Å². The number of nitrogens with zero attached hydrogens (tertiary/aromatic N) is 5. The zero-order valence-corrected chi connectivity index (χ0v) is 20.5. The van der Waals surface area contributed by atoms with Crippen molar-refractivity contribution in [1.29, 1.82) is 0 Å². The summed E-state index contributed by atoms with van der Waals surface area (Å²) in [7, 11) is 0. The minimum Gasteiger partial charge on any atom is -0.366 e. The Kier molecular flexibility index (Phi) is 5.22. The average molecular weight is 502 g/mol. The molecule has 0 amide bonds. The van der Waals surface area contributed by atoms with Gasteiger partial charge in [-0.15, -0.1) is 0 Å². The van der Waals surface area contributed by atoms with E-state index in [4.69, 9.17) is 9.72 Å². The Morgan fingerprint density at radius 3 is 2.71 bits per heavy atom. The van der Waals surface area contributed by atoms with Crippen molar-refractivity contribution in [3.63, 3.8) is 0 Å². The Hall–Kier alpha value is -4.89. The van der Waals surface area contributed by atoms with Gasteiger partial charge in [-0.25, -0.2) is 19.9 Å². The average Bonchev–Trinajstić information content (AvgIpc) is 3.43. The third-order valence-corrected chi connectivity index (χ3v) is 6.98. The molecule has 0 bridgehead atoms. The summed E-state index contributed by atoms with van der Waals surface area (Å²) in [5.74, 6) is 1.08. The maximum atomic E-state index is 14.0. The second kappa shape index (κ2) is 8.89. The highest BCUT2D eigenvalue weighted by Gasteiger charge is 2.38. The first-order chi connectivity index (χ1) is 18.7. The van der Waals surface area contributed by atoms with E-state index in [-0.39, 0.29) is 5.56 Å². The summed E-state index contributed by atoms with van der Waals surface area (Å²) in [6, 6.07) is 23.0. The number of benzene rings is 3. The second-order valence-electron chi connectivity index (χ2n) is 9.30. The van der Waals surface area contributed by atoms with Crippen LogP contribution in [0.1, 0.15) is 34.7 Å². The highest BCUT2D eigenvalue weighted by Crippen LogP contribution is 2.42. The molecule has 0 aliphatic carbocycles. The number of para-hydroxylation sites is 1. The minimum atomic E-state index is -0.541. The topological polar surface area (TPSA) is 111 Å². The highest BCUT2D eigenvalue weighted by molar-refractivity contribution is 5.83. The summed E-state index contributed by atoms with van der Waals surface area (Å²) in [6.07, 6.45) is 2.59. The first kappa shape index (κ1) is 22.3. The lowest BCUT2D eigenvalue weighted by Crippen LogP contribution is -2.37. The van der Waals surface area contributed by atoms with Gasteiger partial charge < -0.3 is 15.0 Å². The highest BCUT2D eigenvalue weighted by atomic mass is 16.5. The molecule has 1 aliphatic heterocycles. The van der Waals surface area contributed by atoms with Gasteiger partial charge in [-0.3, -0.25) is 9.36 Å². The van der Waals surface area contributed by atoms with Gasteiger partial charge in [0.15, 0.2) is 11.5 Å². The van der Waals surface area contributed by atoms with Crippen molar-refractivity contribution in [3.05, 3.63) is 118 Å². The molecule has 186 valence electrons. The second-order valence-corrected chi connectivity index (χ2v) is 9.30. The Balaban J connectivity index is 1.45. The molecule has 9 nitrogen and oxygen atoms in total. The minimum absolute atomic E-state index is 0.114. The van der Waals surface area contributed by atoms with E-state index in [1.165, 1.54) is 6.33 Å². The standard InChI is InChI=1S/C29H23N7O2/c1-17-8-7-12-20-22(17)29(37)36-21-13-6-5-11-19(21)25(38-14-18-9-3-2-4-10-18)23(28(36)34-20)35-27-24-26(31-15-30-24)32-16-33-27/h2-13,15-16,23,25H,14H2,1H3,(H2,30,31,32,33,35). The van der Waals surface area contributed by atoms with Gasteiger partial charge in [0.05, 0.1) is 29.5 Å². The molecule has 2 unspecified atom stereocenters. The van der Waals surface area contributed by atoms with Crippen molar-refractivity contribution in [3.8, 4) is 5.69 Å². The number of aryl methyl sites for hydroxylation is 1. The van der Waals surface area contributed by atoms with E-state index in [0.29, 0.717) is 40.3 Å². The summed E-state index contributed by atoms with van der Waals surface area (Å²) in [5.41, 5.74) is 5.31. The molecule has 0 saturated carbocycles. The number of aromatic amines is 1. The van der Waals surface area contributed by atoms with Crippen molar-refractivity contribution in [2.75, 3.05) is 5.32 Å². The van der Waals surface area contributed by atoms with Crippen molar-refractivity contribution in [2.24, 2.45) is 0 Å². The van der Waals surface area contributed by atoms with E-state index < -0.39 is 12.1 Å². The normalized spacial score (nSPS) is 16.3.